The van der Waals surface area contributed by atoms with Crippen molar-refractivity contribution in [1.82, 2.24) is 0 Å². The first-order valence-electron chi connectivity index (χ1n) is 5.83. The summed E-state index contributed by atoms with van der Waals surface area (Å²) in [5.74, 6) is 0.817. The van der Waals surface area contributed by atoms with Gasteiger partial charge < -0.3 is 0 Å². The van der Waals surface area contributed by atoms with Crippen molar-refractivity contribution < 1.29 is 4.79 Å². The number of carbonyl (C=O) groups excluding carboxylic acids is 1. The zero-order chi connectivity index (χ0) is 12.0. The molecule has 0 unspecified atom stereocenters. The van der Waals surface area contributed by atoms with Gasteiger partial charge in [0.15, 0.2) is 0 Å². The van der Waals surface area contributed by atoms with Crippen LogP contribution in [0.1, 0.15) is 34.1 Å². The lowest BCUT2D eigenvalue weighted by molar-refractivity contribution is -0.125. The van der Waals surface area contributed by atoms with Gasteiger partial charge in [0, 0.05) is 5.41 Å². The maximum absolute atomic E-state index is 11.8. The molecule has 0 amide bonds. The van der Waals surface area contributed by atoms with Gasteiger partial charge in [0.05, 0.1) is 8.07 Å². The summed E-state index contributed by atoms with van der Waals surface area (Å²) in [5.41, 5.74) is 1.19. The Labute approximate surface area is 95.0 Å². The molecule has 2 atom stereocenters. The number of Topliss-reactive ketones (excluding diaryl/α,β-unsaturated/α-hetero) is 1. The highest BCUT2D eigenvalue weighted by Crippen LogP contribution is 2.49. The van der Waals surface area contributed by atoms with E-state index in [-0.39, 0.29) is 5.41 Å². The fourth-order valence-corrected chi connectivity index (χ4v) is 5.13. The first kappa shape index (κ1) is 12.7. The van der Waals surface area contributed by atoms with Crippen LogP contribution in [0.25, 0.3) is 0 Å². The summed E-state index contributed by atoms with van der Waals surface area (Å²) in [6.45, 7) is 15.4. The van der Waals surface area contributed by atoms with Crippen LogP contribution in [0.3, 0.4) is 0 Å². The summed E-state index contributed by atoms with van der Waals surface area (Å²) in [5, 5.41) is 1.62. The third kappa shape index (κ3) is 1.84. The molecule has 86 valence electrons. The number of hydrogen-bond acceptors (Lipinski definition) is 1. The predicted molar refractivity (Wildman–Crippen MR) is 68.6 cm³/mol. The normalized spacial score (nSPS) is 32.3. The zero-order valence-electron chi connectivity index (χ0n) is 11.2. The molecule has 0 radical (unpaired) electrons. The average molecular weight is 224 g/mol. The molecule has 1 aliphatic carbocycles. The van der Waals surface area contributed by atoms with Crippen LogP contribution >= 0.6 is 0 Å². The molecule has 0 heterocycles. The third-order valence-corrected chi connectivity index (χ3v) is 6.75. The van der Waals surface area contributed by atoms with Crippen LogP contribution < -0.4 is 0 Å². The summed E-state index contributed by atoms with van der Waals surface area (Å²) in [6.07, 6.45) is 1.14. The predicted octanol–water partition coefficient (Wildman–Crippen LogP) is 3.82. The summed E-state index contributed by atoms with van der Waals surface area (Å²) >= 11 is 0. The van der Waals surface area contributed by atoms with Crippen molar-refractivity contribution in [2.24, 2.45) is 11.3 Å². The molecule has 0 aromatic carbocycles. The minimum atomic E-state index is -1.24. The Balaban J connectivity index is 3.25. The Kier molecular flexibility index (Phi) is 3.03. The Hall–Kier alpha value is -0.373. The summed E-state index contributed by atoms with van der Waals surface area (Å²) in [4.78, 5) is 11.8. The molecule has 0 aromatic heterocycles. The van der Waals surface area contributed by atoms with Gasteiger partial charge in [-0.05, 0) is 33.1 Å². The molecule has 1 aliphatic rings. The molecule has 0 bridgehead atoms. The molecule has 1 nitrogen and oxygen atoms in total. The van der Waals surface area contributed by atoms with E-state index in [1.54, 1.807) is 12.1 Å². The minimum Gasteiger partial charge on any atom is -0.299 e. The molecule has 0 saturated heterocycles. The highest BCUT2D eigenvalue weighted by atomic mass is 28.3. The van der Waals surface area contributed by atoms with Crippen LogP contribution in [0, 0.1) is 11.3 Å². The maximum atomic E-state index is 11.8. The number of hydrogen-bond donors (Lipinski definition) is 0. The lowest BCUT2D eigenvalue weighted by Crippen LogP contribution is -2.30. The SMILES string of the molecule is CC(=O)[C@@]1(C)C(C)=C([Si](C)(C)C)C[C@H]1C. The smallest absolute Gasteiger partial charge is 0.139 e. The van der Waals surface area contributed by atoms with E-state index in [0.29, 0.717) is 11.7 Å². The summed E-state index contributed by atoms with van der Waals surface area (Å²) in [7, 11) is -1.24. The van der Waals surface area contributed by atoms with Gasteiger partial charge in [-0.2, -0.15) is 0 Å². The fourth-order valence-electron chi connectivity index (χ4n) is 2.83. The van der Waals surface area contributed by atoms with Crippen molar-refractivity contribution in [3.05, 3.63) is 10.8 Å². The van der Waals surface area contributed by atoms with E-state index in [1.165, 1.54) is 5.57 Å². The molecule has 0 aliphatic heterocycles. The minimum absolute atomic E-state index is 0.185. The van der Waals surface area contributed by atoms with Crippen molar-refractivity contribution in [2.45, 2.75) is 53.8 Å². The largest absolute Gasteiger partial charge is 0.299 e. The van der Waals surface area contributed by atoms with Crippen LogP contribution in [0.15, 0.2) is 10.8 Å². The Morgan fingerprint density at radius 1 is 1.40 bits per heavy atom. The van der Waals surface area contributed by atoms with Gasteiger partial charge in [-0.15, -0.1) is 0 Å². The lowest BCUT2D eigenvalue weighted by atomic mass is 9.74. The van der Waals surface area contributed by atoms with Gasteiger partial charge >= 0.3 is 0 Å². The maximum Gasteiger partial charge on any atom is 0.139 e. The van der Waals surface area contributed by atoms with Gasteiger partial charge in [-0.25, -0.2) is 0 Å². The Morgan fingerprint density at radius 3 is 2.07 bits per heavy atom. The van der Waals surface area contributed by atoms with Gasteiger partial charge in [0.25, 0.3) is 0 Å². The lowest BCUT2D eigenvalue weighted by Gasteiger charge is -2.28. The average Bonchev–Trinajstić information content (AvgIpc) is 2.29. The molecule has 0 fully saturated rings. The number of rotatable bonds is 2. The van der Waals surface area contributed by atoms with E-state index in [0.717, 1.165) is 6.42 Å². The van der Waals surface area contributed by atoms with E-state index >= 15 is 0 Å². The quantitative estimate of drug-likeness (QED) is 0.652. The molecule has 0 N–H and O–H groups in total. The topological polar surface area (TPSA) is 17.1 Å². The first-order valence-corrected chi connectivity index (χ1v) is 9.33. The molecule has 0 aromatic rings. The fraction of sp³-hybridized carbons (Fsp3) is 0.769. The first-order chi connectivity index (χ1) is 6.61. The van der Waals surface area contributed by atoms with E-state index in [1.807, 2.05) is 0 Å². The van der Waals surface area contributed by atoms with E-state index in [2.05, 4.69) is 40.4 Å². The summed E-state index contributed by atoms with van der Waals surface area (Å²) in [6, 6.07) is 0. The second-order valence-corrected chi connectivity index (χ2v) is 11.3. The van der Waals surface area contributed by atoms with Crippen molar-refractivity contribution in [3.8, 4) is 0 Å². The van der Waals surface area contributed by atoms with Crippen LogP contribution in [0.2, 0.25) is 19.6 Å². The third-order valence-electron chi connectivity index (χ3n) is 4.36. The molecular formula is C13H24OSi. The highest BCUT2D eigenvalue weighted by Gasteiger charge is 2.46. The standard InChI is InChI=1S/C13H24OSi/c1-9-8-12(15(5,6)7)10(2)13(9,4)11(3)14/h9H,8H2,1-7H3/t9-,13-/m1/s1. The second kappa shape index (κ2) is 3.58. The van der Waals surface area contributed by atoms with Crippen LogP contribution in [0.4, 0.5) is 0 Å². The van der Waals surface area contributed by atoms with Crippen LogP contribution in [0.5, 0.6) is 0 Å². The monoisotopic (exact) mass is 224 g/mol. The van der Waals surface area contributed by atoms with E-state index in [4.69, 9.17) is 0 Å². The molecule has 15 heavy (non-hydrogen) atoms. The van der Waals surface area contributed by atoms with E-state index < -0.39 is 8.07 Å². The van der Waals surface area contributed by atoms with Crippen molar-refractivity contribution in [3.63, 3.8) is 0 Å². The molecule has 0 saturated carbocycles. The number of ketones is 1. The Morgan fingerprint density at radius 2 is 1.87 bits per heavy atom. The number of carbonyl (C=O) groups is 1. The second-order valence-electron chi connectivity index (χ2n) is 6.22. The van der Waals surface area contributed by atoms with E-state index in [9.17, 15) is 4.79 Å². The van der Waals surface area contributed by atoms with Crippen LogP contribution in [-0.2, 0) is 4.79 Å². The molecule has 0 spiro atoms. The van der Waals surface area contributed by atoms with Gasteiger partial charge in [0.1, 0.15) is 5.78 Å². The molecular weight excluding hydrogens is 200 g/mol. The van der Waals surface area contributed by atoms with Gasteiger partial charge in [-0.1, -0.05) is 37.3 Å². The van der Waals surface area contributed by atoms with Gasteiger partial charge in [0.2, 0.25) is 0 Å². The molecule has 2 heteroatoms. The van der Waals surface area contributed by atoms with Crippen molar-refractivity contribution in [2.75, 3.05) is 0 Å². The zero-order valence-corrected chi connectivity index (χ0v) is 12.2. The van der Waals surface area contributed by atoms with Crippen molar-refractivity contribution >= 4 is 13.9 Å². The highest BCUT2D eigenvalue weighted by molar-refractivity contribution is 6.83. The summed E-state index contributed by atoms with van der Waals surface area (Å²) < 4.78 is 0. The van der Waals surface area contributed by atoms with Gasteiger partial charge in [-0.3, -0.25) is 4.79 Å². The number of allylic oxidation sites excluding steroid dienone is 2. The van der Waals surface area contributed by atoms with Crippen molar-refractivity contribution in [1.29, 1.82) is 0 Å². The van der Waals surface area contributed by atoms with Crippen LogP contribution in [-0.4, -0.2) is 13.9 Å². The Bertz CT molecular complexity index is 322. The molecule has 1 rings (SSSR count).